The third kappa shape index (κ3) is 9.70. The maximum absolute atomic E-state index is 11.8. The van der Waals surface area contributed by atoms with Crippen LogP contribution >= 0.6 is 0 Å². The van der Waals surface area contributed by atoms with Gasteiger partial charge in [-0.25, -0.2) is 9.59 Å². The summed E-state index contributed by atoms with van der Waals surface area (Å²) in [5, 5.41) is 22.6. The predicted molar refractivity (Wildman–Crippen MR) is 78.2 cm³/mol. The summed E-state index contributed by atoms with van der Waals surface area (Å²) in [4.78, 5) is 33.3. The van der Waals surface area contributed by atoms with Crippen molar-refractivity contribution in [1.29, 1.82) is 0 Å². The van der Waals surface area contributed by atoms with Crippen molar-refractivity contribution in [3.8, 4) is 0 Å². The van der Waals surface area contributed by atoms with Crippen molar-refractivity contribution < 1.29 is 24.6 Å². The number of hydrogen-bond donors (Lipinski definition) is 4. The van der Waals surface area contributed by atoms with Gasteiger partial charge in [-0.1, -0.05) is 33.1 Å². The molecule has 0 rings (SSSR count). The van der Waals surface area contributed by atoms with Crippen molar-refractivity contribution in [3.63, 3.8) is 0 Å². The summed E-state index contributed by atoms with van der Waals surface area (Å²) in [6, 6.07) is -1.72. The summed E-state index contributed by atoms with van der Waals surface area (Å²) in [6.45, 7) is 4.08. The Morgan fingerprint density at radius 3 is 2.10 bits per heavy atom. The van der Waals surface area contributed by atoms with Crippen LogP contribution in [0.5, 0.6) is 0 Å². The van der Waals surface area contributed by atoms with Crippen molar-refractivity contribution in [2.45, 2.75) is 70.9 Å². The number of rotatable bonds is 11. The van der Waals surface area contributed by atoms with Crippen LogP contribution < -0.4 is 10.6 Å². The molecular weight excluding hydrogens is 276 g/mol. The molecule has 2 amide bonds. The van der Waals surface area contributed by atoms with Crippen LogP contribution in [0, 0.1) is 0 Å². The maximum Gasteiger partial charge on any atom is 0.326 e. The van der Waals surface area contributed by atoms with Crippen LogP contribution in [0.1, 0.15) is 58.8 Å². The summed E-state index contributed by atoms with van der Waals surface area (Å²) < 4.78 is 0. The van der Waals surface area contributed by atoms with Crippen LogP contribution in [0.4, 0.5) is 4.79 Å². The van der Waals surface area contributed by atoms with Gasteiger partial charge in [-0.2, -0.15) is 0 Å². The summed E-state index contributed by atoms with van der Waals surface area (Å²) >= 11 is 0. The number of carbonyl (C=O) groups is 3. The lowest BCUT2D eigenvalue weighted by molar-refractivity contribution is -0.140. The Kier molecular flexibility index (Phi) is 10.0. The van der Waals surface area contributed by atoms with Gasteiger partial charge < -0.3 is 20.8 Å². The van der Waals surface area contributed by atoms with Gasteiger partial charge in [0.25, 0.3) is 0 Å². The highest BCUT2D eigenvalue weighted by atomic mass is 16.4. The van der Waals surface area contributed by atoms with Crippen LogP contribution in [-0.4, -0.2) is 40.3 Å². The van der Waals surface area contributed by atoms with Gasteiger partial charge in [0, 0.05) is 12.5 Å². The number of amides is 2. The highest BCUT2D eigenvalue weighted by Crippen LogP contribution is 2.07. The van der Waals surface area contributed by atoms with Gasteiger partial charge >= 0.3 is 18.0 Å². The van der Waals surface area contributed by atoms with Crippen LogP contribution in [0.2, 0.25) is 0 Å². The van der Waals surface area contributed by atoms with Crippen molar-refractivity contribution in [2.24, 2.45) is 0 Å². The predicted octanol–water partition coefficient (Wildman–Crippen LogP) is 1.96. The summed E-state index contributed by atoms with van der Waals surface area (Å²) in [7, 11) is 0. The van der Waals surface area contributed by atoms with E-state index in [0.717, 1.165) is 32.1 Å². The van der Waals surface area contributed by atoms with Crippen LogP contribution in [0.3, 0.4) is 0 Å². The fraction of sp³-hybridized carbons (Fsp3) is 0.786. The van der Waals surface area contributed by atoms with E-state index < -0.39 is 24.0 Å². The number of hydrogen-bond acceptors (Lipinski definition) is 3. The second-order valence-corrected chi connectivity index (χ2v) is 5.07. The molecule has 7 heteroatoms. The van der Waals surface area contributed by atoms with E-state index in [-0.39, 0.29) is 18.9 Å². The lowest BCUT2D eigenvalue weighted by Crippen LogP contribution is -2.49. The van der Waals surface area contributed by atoms with Crippen molar-refractivity contribution >= 4 is 18.0 Å². The highest BCUT2D eigenvalue weighted by Gasteiger charge is 2.22. The largest absolute Gasteiger partial charge is 0.481 e. The highest BCUT2D eigenvalue weighted by molar-refractivity contribution is 5.83. The second kappa shape index (κ2) is 10.9. The molecular formula is C14H26N2O5. The van der Waals surface area contributed by atoms with E-state index in [1.807, 2.05) is 6.92 Å². The Hall–Kier alpha value is -1.79. The normalized spacial score (nSPS) is 13.2. The third-order valence-corrected chi connectivity index (χ3v) is 3.13. The Morgan fingerprint density at radius 2 is 1.62 bits per heavy atom. The average molecular weight is 302 g/mol. The molecule has 7 nitrogen and oxygen atoms in total. The number of carboxylic acids is 2. The van der Waals surface area contributed by atoms with Crippen LogP contribution in [0.25, 0.3) is 0 Å². The van der Waals surface area contributed by atoms with Gasteiger partial charge in [0.05, 0.1) is 0 Å². The van der Waals surface area contributed by atoms with Crippen LogP contribution in [0.15, 0.2) is 0 Å². The molecule has 0 aromatic heterocycles. The SMILES string of the molecule is CCCCC(CCC)NC(=O)NC(CCC(=O)O)C(=O)O. The Bertz CT molecular complexity index is 346. The molecule has 0 aromatic rings. The number of carboxylic acid groups (broad SMARTS) is 2. The molecule has 2 unspecified atom stereocenters. The van der Waals surface area contributed by atoms with Gasteiger partial charge in [-0.05, 0) is 19.3 Å². The van der Waals surface area contributed by atoms with E-state index in [9.17, 15) is 14.4 Å². The lowest BCUT2D eigenvalue weighted by atomic mass is 10.1. The zero-order valence-corrected chi connectivity index (χ0v) is 12.7. The number of carbonyl (C=O) groups excluding carboxylic acids is 1. The fourth-order valence-corrected chi connectivity index (χ4v) is 2.00. The molecule has 2 atom stereocenters. The number of unbranched alkanes of at least 4 members (excludes halogenated alkanes) is 1. The Labute approximate surface area is 125 Å². The molecule has 0 aliphatic rings. The minimum absolute atomic E-state index is 0.0175. The standard InChI is InChI=1S/C14H26N2O5/c1-3-5-7-10(6-4-2)15-14(21)16-11(13(19)20)8-9-12(17)18/h10-11H,3-9H2,1-2H3,(H,17,18)(H,19,20)(H2,15,16,21). The van der Waals surface area contributed by atoms with E-state index in [4.69, 9.17) is 10.2 Å². The Morgan fingerprint density at radius 1 is 0.952 bits per heavy atom. The van der Waals surface area contributed by atoms with Gasteiger partial charge in [-0.3, -0.25) is 4.79 Å². The number of nitrogens with one attached hydrogen (secondary N) is 2. The molecule has 0 aliphatic heterocycles. The van der Waals surface area contributed by atoms with Gasteiger partial charge in [0.1, 0.15) is 6.04 Å². The minimum Gasteiger partial charge on any atom is -0.481 e. The average Bonchev–Trinajstić information content (AvgIpc) is 2.40. The van der Waals surface area contributed by atoms with E-state index in [1.165, 1.54) is 0 Å². The van der Waals surface area contributed by atoms with Gasteiger partial charge in [-0.15, -0.1) is 0 Å². The van der Waals surface area contributed by atoms with Crippen molar-refractivity contribution in [3.05, 3.63) is 0 Å². The smallest absolute Gasteiger partial charge is 0.326 e. The topological polar surface area (TPSA) is 116 Å². The lowest BCUT2D eigenvalue weighted by Gasteiger charge is -2.20. The van der Waals surface area contributed by atoms with Crippen molar-refractivity contribution in [1.82, 2.24) is 10.6 Å². The number of urea groups is 1. The fourth-order valence-electron chi connectivity index (χ4n) is 2.00. The first-order valence-electron chi connectivity index (χ1n) is 7.42. The summed E-state index contributed by atoms with van der Waals surface area (Å²) in [6.07, 6.45) is 4.20. The van der Waals surface area contributed by atoms with Crippen molar-refractivity contribution in [2.75, 3.05) is 0 Å². The molecule has 0 aromatic carbocycles. The quantitative estimate of drug-likeness (QED) is 0.465. The molecule has 122 valence electrons. The van der Waals surface area contributed by atoms with Gasteiger partial charge in [0.2, 0.25) is 0 Å². The van der Waals surface area contributed by atoms with E-state index in [2.05, 4.69) is 17.6 Å². The van der Waals surface area contributed by atoms with E-state index >= 15 is 0 Å². The zero-order chi connectivity index (χ0) is 16.3. The van der Waals surface area contributed by atoms with Crippen LogP contribution in [-0.2, 0) is 9.59 Å². The van der Waals surface area contributed by atoms with E-state index in [1.54, 1.807) is 0 Å². The molecule has 0 fully saturated rings. The maximum atomic E-state index is 11.8. The molecule has 0 radical (unpaired) electrons. The molecule has 0 bridgehead atoms. The summed E-state index contributed by atoms with van der Waals surface area (Å²) in [5.74, 6) is -2.32. The third-order valence-electron chi connectivity index (χ3n) is 3.13. The first kappa shape index (κ1) is 19.2. The minimum atomic E-state index is -1.23. The summed E-state index contributed by atoms with van der Waals surface area (Å²) in [5.41, 5.74) is 0. The molecule has 0 aliphatic carbocycles. The monoisotopic (exact) mass is 302 g/mol. The van der Waals surface area contributed by atoms with E-state index in [0.29, 0.717) is 0 Å². The molecule has 21 heavy (non-hydrogen) atoms. The first-order valence-corrected chi connectivity index (χ1v) is 7.42. The van der Waals surface area contributed by atoms with Gasteiger partial charge in [0.15, 0.2) is 0 Å². The Balaban J connectivity index is 4.37. The number of aliphatic carboxylic acids is 2. The molecule has 0 heterocycles. The molecule has 4 N–H and O–H groups in total. The molecule has 0 saturated carbocycles. The zero-order valence-electron chi connectivity index (χ0n) is 12.7. The molecule has 0 saturated heterocycles. The first-order chi connectivity index (χ1) is 9.90. The second-order valence-electron chi connectivity index (χ2n) is 5.07. The molecule has 0 spiro atoms.